The van der Waals surface area contributed by atoms with Gasteiger partial charge in [0.15, 0.2) is 11.4 Å². The molecule has 0 amide bonds. The van der Waals surface area contributed by atoms with Gasteiger partial charge in [-0.3, -0.25) is 0 Å². The summed E-state index contributed by atoms with van der Waals surface area (Å²) in [7, 11) is 0. The summed E-state index contributed by atoms with van der Waals surface area (Å²) in [6.45, 7) is 0.971. The predicted molar refractivity (Wildman–Crippen MR) is 107 cm³/mol. The third-order valence-corrected chi connectivity index (χ3v) is 5.55. The van der Waals surface area contributed by atoms with Crippen molar-refractivity contribution >= 4 is 22.9 Å². The van der Waals surface area contributed by atoms with E-state index in [2.05, 4.69) is 38.2 Å². The molecule has 4 N–H and O–H groups in total. The molecule has 2 saturated heterocycles. The molecule has 2 aromatic heterocycles. The van der Waals surface area contributed by atoms with Gasteiger partial charge in [0.25, 0.3) is 0 Å². The molecular formula is C20H24N6O2. The highest BCUT2D eigenvalue weighted by atomic mass is 16.3. The number of aliphatic hydroxyl groups excluding tert-OH is 1. The van der Waals surface area contributed by atoms with Crippen LogP contribution >= 0.6 is 0 Å². The van der Waals surface area contributed by atoms with E-state index in [1.807, 2.05) is 24.3 Å². The fourth-order valence-electron chi connectivity index (χ4n) is 4.12. The Morgan fingerprint density at radius 1 is 1.18 bits per heavy atom. The molecule has 0 bridgehead atoms. The first kappa shape index (κ1) is 17.4. The molecule has 2 aliphatic heterocycles. The molecule has 0 spiro atoms. The molecular weight excluding hydrogens is 356 g/mol. The molecule has 0 aliphatic carbocycles. The summed E-state index contributed by atoms with van der Waals surface area (Å²) in [6, 6.07) is 12.5. The Bertz CT molecular complexity index is 946. The lowest BCUT2D eigenvalue weighted by molar-refractivity contribution is 0.266. The van der Waals surface area contributed by atoms with Crippen molar-refractivity contribution in [3.8, 4) is 0 Å². The van der Waals surface area contributed by atoms with Gasteiger partial charge in [0.1, 0.15) is 5.52 Å². The van der Waals surface area contributed by atoms with Crippen LogP contribution in [-0.4, -0.2) is 40.4 Å². The second-order valence-electron chi connectivity index (χ2n) is 7.36. The number of fused-ring (bicyclic) bond motifs is 1. The second-order valence-corrected chi connectivity index (χ2v) is 7.36. The summed E-state index contributed by atoms with van der Waals surface area (Å²) in [5.74, 6) is 1.31. The Kier molecular flexibility index (Phi) is 4.59. The van der Waals surface area contributed by atoms with Crippen LogP contribution < -0.4 is 21.1 Å². The van der Waals surface area contributed by atoms with E-state index in [1.54, 1.807) is 6.26 Å². The number of nitrogens with zero attached hydrogens (tertiary/aromatic N) is 3. The highest BCUT2D eigenvalue weighted by Gasteiger charge is 2.30. The van der Waals surface area contributed by atoms with Crippen molar-refractivity contribution in [2.45, 2.75) is 37.5 Å². The quantitative estimate of drug-likeness (QED) is 0.535. The number of benzene rings is 1. The number of hydrazine groups is 1. The fraction of sp³-hybridized carbons (Fsp3) is 0.400. The minimum absolute atomic E-state index is 0.00891. The lowest BCUT2D eigenvalue weighted by Gasteiger charge is -2.24. The lowest BCUT2D eigenvalue weighted by Crippen LogP contribution is -2.37. The van der Waals surface area contributed by atoms with E-state index in [-0.39, 0.29) is 24.9 Å². The van der Waals surface area contributed by atoms with Crippen LogP contribution in [0.4, 0.5) is 11.8 Å². The van der Waals surface area contributed by atoms with Gasteiger partial charge in [-0.1, -0.05) is 30.3 Å². The lowest BCUT2D eigenvalue weighted by atomic mass is 10.0. The van der Waals surface area contributed by atoms with Crippen molar-refractivity contribution in [3.63, 3.8) is 0 Å². The molecule has 2 unspecified atom stereocenters. The maximum Gasteiger partial charge on any atom is 0.226 e. The third-order valence-electron chi connectivity index (χ3n) is 5.55. The standard InChI is InChI=1S/C20H24N6O2/c27-12-14-7-4-9-26(14)19-18-15(8-10-28-18)21-20(23-19)22-17-11-16(24-25-17)13-5-2-1-3-6-13/h1-3,5-6,8,10,14,16-17,24-25,27H,4,7,9,11-12H2,(H,21,22,23)/t14-,16?,17?/m0/s1. The van der Waals surface area contributed by atoms with E-state index < -0.39 is 0 Å². The van der Waals surface area contributed by atoms with Crippen molar-refractivity contribution in [1.29, 1.82) is 0 Å². The molecule has 3 atom stereocenters. The minimum Gasteiger partial charge on any atom is -0.459 e. The highest BCUT2D eigenvalue weighted by molar-refractivity contribution is 5.85. The smallest absolute Gasteiger partial charge is 0.226 e. The van der Waals surface area contributed by atoms with Gasteiger partial charge in [0.2, 0.25) is 5.95 Å². The first-order chi connectivity index (χ1) is 13.8. The largest absolute Gasteiger partial charge is 0.459 e. The molecule has 146 valence electrons. The monoisotopic (exact) mass is 380 g/mol. The number of hydrogen-bond donors (Lipinski definition) is 4. The van der Waals surface area contributed by atoms with Crippen LogP contribution in [0.5, 0.6) is 0 Å². The maximum atomic E-state index is 9.71. The van der Waals surface area contributed by atoms with E-state index in [1.165, 1.54) is 5.56 Å². The second kappa shape index (κ2) is 7.38. The molecule has 8 nitrogen and oxygen atoms in total. The molecule has 0 radical (unpaired) electrons. The summed E-state index contributed by atoms with van der Waals surface area (Å²) in [5.41, 5.74) is 9.30. The van der Waals surface area contributed by atoms with Crippen LogP contribution in [0.2, 0.25) is 0 Å². The molecule has 28 heavy (non-hydrogen) atoms. The summed E-state index contributed by atoms with van der Waals surface area (Å²) in [5, 5.41) is 13.1. The average Bonchev–Trinajstić information content (AvgIpc) is 3.48. The van der Waals surface area contributed by atoms with Gasteiger partial charge in [-0.25, -0.2) is 15.8 Å². The van der Waals surface area contributed by atoms with Gasteiger partial charge in [-0.05, 0) is 18.4 Å². The first-order valence-corrected chi connectivity index (χ1v) is 9.77. The van der Waals surface area contributed by atoms with E-state index in [0.717, 1.165) is 37.1 Å². The number of furan rings is 1. The van der Waals surface area contributed by atoms with Crippen LogP contribution in [0.1, 0.15) is 30.9 Å². The zero-order valence-corrected chi connectivity index (χ0v) is 15.5. The Morgan fingerprint density at radius 2 is 2.07 bits per heavy atom. The highest BCUT2D eigenvalue weighted by Crippen LogP contribution is 2.32. The number of nitrogens with one attached hydrogen (secondary N) is 3. The topological polar surface area (TPSA) is 98.5 Å². The molecule has 5 rings (SSSR count). The Balaban J connectivity index is 1.38. The van der Waals surface area contributed by atoms with E-state index in [9.17, 15) is 5.11 Å². The number of hydrogen-bond acceptors (Lipinski definition) is 8. The van der Waals surface area contributed by atoms with Gasteiger partial charge in [0.05, 0.1) is 25.1 Å². The normalized spacial score (nSPS) is 24.9. The molecule has 8 heteroatoms. The molecule has 0 saturated carbocycles. The predicted octanol–water partition coefficient (Wildman–Crippen LogP) is 2.16. The zero-order chi connectivity index (χ0) is 18.9. The van der Waals surface area contributed by atoms with Crippen molar-refractivity contribution < 1.29 is 9.52 Å². The number of aliphatic hydroxyl groups is 1. The minimum atomic E-state index is 0.00891. The van der Waals surface area contributed by atoms with Crippen LogP contribution in [0.25, 0.3) is 11.1 Å². The molecule has 2 fully saturated rings. The third kappa shape index (κ3) is 3.19. The van der Waals surface area contributed by atoms with Gasteiger partial charge in [-0.2, -0.15) is 4.98 Å². The molecule has 4 heterocycles. The zero-order valence-electron chi connectivity index (χ0n) is 15.5. The summed E-state index contributed by atoms with van der Waals surface area (Å²) in [4.78, 5) is 11.5. The van der Waals surface area contributed by atoms with Gasteiger partial charge >= 0.3 is 0 Å². The summed E-state index contributed by atoms with van der Waals surface area (Å²) >= 11 is 0. The van der Waals surface area contributed by atoms with E-state index in [0.29, 0.717) is 11.5 Å². The van der Waals surface area contributed by atoms with Crippen LogP contribution in [0, 0.1) is 0 Å². The van der Waals surface area contributed by atoms with Crippen molar-refractivity contribution in [2.75, 3.05) is 23.4 Å². The summed E-state index contributed by atoms with van der Waals surface area (Å²) in [6.07, 6.45) is 4.51. The van der Waals surface area contributed by atoms with E-state index >= 15 is 0 Å². The molecule has 2 aliphatic rings. The SMILES string of the molecule is OC[C@@H]1CCCN1c1nc(NC2CC(c3ccccc3)NN2)nc2ccoc12. The van der Waals surface area contributed by atoms with Gasteiger partial charge in [0, 0.05) is 25.1 Å². The first-order valence-electron chi connectivity index (χ1n) is 9.77. The Labute approximate surface area is 162 Å². The van der Waals surface area contributed by atoms with Crippen LogP contribution in [0.15, 0.2) is 47.1 Å². The fourth-order valence-corrected chi connectivity index (χ4v) is 4.12. The van der Waals surface area contributed by atoms with Gasteiger partial charge in [-0.15, -0.1) is 0 Å². The Hall–Kier alpha value is -2.68. The van der Waals surface area contributed by atoms with Crippen molar-refractivity contribution in [1.82, 2.24) is 20.8 Å². The van der Waals surface area contributed by atoms with E-state index in [4.69, 9.17) is 9.40 Å². The molecule has 3 aromatic rings. The maximum absolute atomic E-state index is 9.71. The Morgan fingerprint density at radius 3 is 2.93 bits per heavy atom. The number of anilines is 2. The van der Waals surface area contributed by atoms with Crippen molar-refractivity contribution in [2.24, 2.45) is 0 Å². The van der Waals surface area contributed by atoms with Crippen molar-refractivity contribution in [3.05, 3.63) is 48.2 Å². The van der Waals surface area contributed by atoms with Crippen LogP contribution in [-0.2, 0) is 0 Å². The van der Waals surface area contributed by atoms with Crippen LogP contribution in [0.3, 0.4) is 0 Å². The van der Waals surface area contributed by atoms with Gasteiger partial charge < -0.3 is 19.7 Å². The number of rotatable bonds is 5. The number of aromatic nitrogens is 2. The average molecular weight is 380 g/mol. The molecule has 1 aromatic carbocycles. The summed E-state index contributed by atoms with van der Waals surface area (Å²) < 4.78 is 5.65.